The van der Waals surface area contributed by atoms with Gasteiger partial charge in [0.05, 0.1) is 0 Å². The quantitative estimate of drug-likeness (QED) is 0.180. The molecule has 0 N–H and O–H groups in total. The molecule has 0 aliphatic rings. The SMILES string of the molecule is c1ccc2c(-c3nc(-c4ccc(-c5ccc6cnccc6c5)cc4)nc(-c4c5ccccc5cc5ccccc45)n3)c3ccccc3cc2c1. The van der Waals surface area contributed by atoms with Gasteiger partial charge in [0.15, 0.2) is 17.5 Å². The second kappa shape index (κ2) is 11.4. The molecule has 0 saturated carbocycles. The van der Waals surface area contributed by atoms with Crippen LogP contribution in [0.25, 0.3) is 99.2 Å². The molecule has 0 saturated heterocycles. The number of hydrogen-bond acceptors (Lipinski definition) is 4. The van der Waals surface area contributed by atoms with E-state index in [2.05, 4.69) is 163 Å². The molecule has 0 spiro atoms. The van der Waals surface area contributed by atoms with E-state index in [0.717, 1.165) is 81.7 Å². The summed E-state index contributed by atoms with van der Waals surface area (Å²) in [6, 6.07) is 55.6. The average Bonchev–Trinajstić information content (AvgIpc) is 3.18. The number of rotatable bonds is 4. The molecule has 2 aromatic heterocycles. The summed E-state index contributed by atoms with van der Waals surface area (Å²) in [6.07, 6.45) is 3.74. The van der Waals surface area contributed by atoms with Gasteiger partial charge in [0.1, 0.15) is 0 Å². The van der Waals surface area contributed by atoms with Gasteiger partial charge in [-0.1, -0.05) is 133 Å². The Morgan fingerprint density at radius 3 is 1.26 bits per heavy atom. The Hall–Kier alpha value is -6.78. The Kier molecular flexibility index (Phi) is 6.46. The van der Waals surface area contributed by atoms with Crippen molar-refractivity contribution in [2.75, 3.05) is 0 Å². The van der Waals surface area contributed by atoms with Crippen LogP contribution < -0.4 is 0 Å². The molecule has 4 nitrogen and oxygen atoms in total. The Morgan fingerprint density at radius 2 is 0.740 bits per heavy atom. The van der Waals surface area contributed by atoms with Crippen LogP contribution in [-0.2, 0) is 0 Å². The maximum atomic E-state index is 5.37. The first-order valence-corrected chi connectivity index (χ1v) is 16.8. The number of hydrogen-bond donors (Lipinski definition) is 0. The van der Waals surface area contributed by atoms with E-state index in [-0.39, 0.29) is 0 Å². The van der Waals surface area contributed by atoms with E-state index in [1.165, 1.54) is 0 Å². The van der Waals surface area contributed by atoms with Gasteiger partial charge in [0, 0.05) is 34.5 Å². The lowest BCUT2D eigenvalue weighted by Crippen LogP contribution is -2.02. The number of benzene rings is 8. The van der Waals surface area contributed by atoms with Crippen LogP contribution in [0.1, 0.15) is 0 Å². The first kappa shape index (κ1) is 28.3. The molecule has 232 valence electrons. The highest BCUT2D eigenvalue weighted by Crippen LogP contribution is 2.39. The molecule has 50 heavy (non-hydrogen) atoms. The number of pyridine rings is 1. The van der Waals surface area contributed by atoms with E-state index >= 15 is 0 Å². The second-order valence-corrected chi connectivity index (χ2v) is 12.7. The molecule has 8 aromatic carbocycles. The van der Waals surface area contributed by atoms with Gasteiger partial charge in [0.25, 0.3) is 0 Å². The minimum absolute atomic E-state index is 0.634. The summed E-state index contributed by atoms with van der Waals surface area (Å²) in [5.41, 5.74) is 5.22. The van der Waals surface area contributed by atoms with Crippen LogP contribution in [0, 0.1) is 0 Å². The van der Waals surface area contributed by atoms with E-state index < -0.39 is 0 Å². The summed E-state index contributed by atoms with van der Waals surface area (Å²) in [6.45, 7) is 0. The Labute approximate surface area is 288 Å². The van der Waals surface area contributed by atoms with Crippen molar-refractivity contribution in [3.8, 4) is 45.3 Å². The average molecular weight is 637 g/mol. The minimum atomic E-state index is 0.634. The highest BCUT2D eigenvalue weighted by atomic mass is 15.0. The smallest absolute Gasteiger partial charge is 0.165 e. The molecule has 0 bridgehead atoms. The highest BCUT2D eigenvalue weighted by Gasteiger charge is 2.20. The Balaban J connectivity index is 1.24. The molecule has 10 aromatic rings. The normalized spacial score (nSPS) is 11.6. The summed E-state index contributed by atoms with van der Waals surface area (Å²) in [5, 5.41) is 11.3. The van der Waals surface area contributed by atoms with E-state index in [1.807, 2.05) is 12.4 Å². The Morgan fingerprint density at radius 1 is 0.300 bits per heavy atom. The molecular formula is C46H28N4. The molecule has 0 radical (unpaired) electrons. The van der Waals surface area contributed by atoms with Gasteiger partial charge in [-0.2, -0.15) is 0 Å². The van der Waals surface area contributed by atoms with Gasteiger partial charge in [0.2, 0.25) is 0 Å². The zero-order chi connectivity index (χ0) is 33.0. The van der Waals surface area contributed by atoms with Crippen molar-refractivity contribution >= 4 is 53.9 Å². The van der Waals surface area contributed by atoms with Crippen molar-refractivity contribution in [3.05, 3.63) is 170 Å². The fourth-order valence-electron chi connectivity index (χ4n) is 7.31. The van der Waals surface area contributed by atoms with Crippen molar-refractivity contribution in [2.45, 2.75) is 0 Å². The standard InChI is InChI=1S/C46H28N4/c1-5-13-38-33(9-1)26-34-10-2-6-14-39(34)42(38)45-48-44(30-19-17-29(18-20-30)31-21-22-37-28-47-24-23-32(37)25-31)49-46(50-45)43-40-15-7-3-11-35(40)27-36-12-4-8-16-41(36)43/h1-28H. The van der Waals surface area contributed by atoms with Gasteiger partial charge in [-0.05, 0) is 83.9 Å². The topological polar surface area (TPSA) is 51.6 Å². The summed E-state index contributed by atoms with van der Waals surface area (Å²) >= 11 is 0. The number of fused-ring (bicyclic) bond motifs is 5. The molecule has 2 heterocycles. The van der Waals surface area contributed by atoms with Crippen molar-refractivity contribution in [1.29, 1.82) is 0 Å². The Bertz CT molecular complexity index is 2680. The van der Waals surface area contributed by atoms with Crippen LogP contribution in [0.5, 0.6) is 0 Å². The van der Waals surface area contributed by atoms with E-state index in [1.54, 1.807) is 0 Å². The van der Waals surface area contributed by atoms with Crippen molar-refractivity contribution in [1.82, 2.24) is 19.9 Å². The van der Waals surface area contributed by atoms with Gasteiger partial charge < -0.3 is 0 Å². The van der Waals surface area contributed by atoms with Crippen molar-refractivity contribution in [3.63, 3.8) is 0 Å². The van der Waals surface area contributed by atoms with Crippen molar-refractivity contribution < 1.29 is 0 Å². The molecule has 0 unspecified atom stereocenters. The van der Waals surface area contributed by atoms with Crippen molar-refractivity contribution in [2.24, 2.45) is 0 Å². The lowest BCUT2D eigenvalue weighted by atomic mass is 9.95. The maximum absolute atomic E-state index is 5.37. The molecule has 10 rings (SSSR count). The fraction of sp³-hybridized carbons (Fsp3) is 0. The van der Waals surface area contributed by atoms with Crippen LogP contribution in [0.3, 0.4) is 0 Å². The van der Waals surface area contributed by atoms with Crippen LogP contribution in [0.15, 0.2) is 170 Å². The lowest BCUT2D eigenvalue weighted by Gasteiger charge is -2.15. The highest BCUT2D eigenvalue weighted by molar-refractivity contribution is 6.13. The molecular weight excluding hydrogens is 609 g/mol. The third-order valence-corrected chi connectivity index (χ3v) is 9.74. The number of aromatic nitrogens is 4. The van der Waals surface area contributed by atoms with Gasteiger partial charge in [-0.15, -0.1) is 0 Å². The predicted molar refractivity (Wildman–Crippen MR) is 207 cm³/mol. The molecule has 0 aliphatic carbocycles. The second-order valence-electron chi connectivity index (χ2n) is 12.7. The van der Waals surface area contributed by atoms with E-state index in [9.17, 15) is 0 Å². The third kappa shape index (κ3) is 4.69. The predicted octanol–water partition coefficient (Wildman–Crippen LogP) is 11.7. The third-order valence-electron chi connectivity index (χ3n) is 9.74. The summed E-state index contributed by atoms with van der Waals surface area (Å²) in [5.74, 6) is 1.94. The van der Waals surface area contributed by atoms with Crippen LogP contribution in [0.2, 0.25) is 0 Å². The molecule has 0 amide bonds. The zero-order valence-corrected chi connectivity index (χ0v) is 27.0. The van der Waals surface area contributed by atoms with Gasteiger partial charge >= 0.3 is 0 Å². The summed E-state index contributed by atoms with van der Waals surface area (Å²) < 4.78 is 0. The number of nitrogens with zero attached hydrogens (tertiary/aromatic N) is 4. The monoisotopic (exact) mass is 636 g/mol. The zero-order valence-electron chi connectivity index (χ0n) is 27.0. The molecule has 4 heteroatoms. The maximum Gasteiger partial charge on any atom is 0.165 e. The molecule has 0 fully saturated rings. The first-order chi connectivity index (χ1) is 24.8. The van der Waals surface area contributed by atoms with Crippen LogP contribution >= 0.6 is 0 Å². The van der Waals surface area contributed by atoms with Gasteiger partial charge in [-0.3, -0.25) is 4.98 Å². The molecule has 0 aliphatic heterocycles. The van der Waals surface area contributed by atoms with Gasteiger partial charge in [-0.25, -0.2) is 15.0 Å². The van der Waals surface area contributed by atoms with Crippen LogP contribution in [0.4, 0.5) is 0 Å². The first-order valence-electron chi connectivity index (χ1n) is 16.8. The summed E-state index contributed by atoms with van der Waals surface area (Å²) in [4.78, 5) is 20.2. The largest absolute Gasteiger partial charge is 0.264 e. The lowest BCUT2D eigenvalue weighted by molar-refractivity contribution is 1.08. The summed E-state index contributed by atoms with van der Waals surface area (Å²) in [7, 11) is 0. The fourth-order valence-corrected chi connectivity index (χ4v) is 7.31. The minimum Gasteiger partial charge on any atom is -0.264 e. The van der Waals surface area contributed by atoms with E-state index in [4.69, 9.17) is 15.0 Å². The van der Waals surface area contributed by atoms with Crippen LogP contribution in [-0.4, -0.2) is 19.9 Å². The van der Waals surface area contributed by atoms with E-state index in [0.29, 0.717) is 17.5 Å². The molecule has 0 atom stereocenters.